The number of nitrogens with zero attached hydrogens (tertiary/aromatic N) is 3. The molecule has 4 rings (SSSR count). The van der Waals surface area contributed by atoms with E-state index in [1.165, 1.54) is 38.8 Å². The first-order chi connectivity index (χ1) is 12.3. The predicted octanol–water partition coefficient (Wildman–Crippen LogP) is 2.57. The molecule has 2 aliphatic heterocycles. The molecule has 1 aromatic carbocycles. The molecule has 0 N–H and O–H groups in total. The van der Waals surface area contributed by atoms with Crippen molar-refractivity contribution in [2.24, 2.45) is 0 Å². The maximum Gasteiger partial charge on any atom is 0.410 e. The third kappa shape index (κ3) is 4.33. The quantitative estimate of drug-likeness (QED) is 0.842. The molecular formula is C20H29N3O2. The lowest BCUT2D eigenvalue weighted by molar-refractivity contribution is 0.0425. The zero-order chi connectivity index (χ0) is 17.1. The number of hydrogen-bond donors (Lipinski definition) is 0. The Labute approximate surface area is 150 Å². The highest BCUT2D eigenvalue weighted by atomic mass is 16.6. The van der Waals surface area contributed by atoms with Gasteiger partial charge in [-0.2, -0.15) is 0 Å². The number of carbonyl (C=O) groups excluding carboxylic acids is 1. The average molecular weight is 343 g/mol. The average Bonchev–Trinajstić information content (AvgIpc) is 3.53. The molecule has 136 valence electrons. The minimum absolute atomic E-state index is 0.174. The standard InChI is InChI=1S/C20H29N3O2/c24-20(25-16-17-4-2-1-3-5-17)23-14-12-22(13-15-23)19-8-10-21(11-9-19)18-6-7-18/h1-5,18-19H,6-16H2. The van der Waals surface area contributed by atoms with Crippen LogP contribution in [0, 0.1) is 0 Å². The summed E-state index contributed by atoms with van der Waals surface area (Å²) in [5.74, 6) is 0. The Morgan fingerprint density at radius 1 is 0.840 bits per heavy atom. The second kappa shape index (κ2) is 7.75. The van der Waals surface area contributed by atoms with E-state index in [-0.39, 0.29) is 6.09 Å². The van der Waals surface area contributed by atoms with E-state index in [0.717, 1.165) is 37.8 Å². The third-order valence-corrected chi connectivity index (χ3v) is 5.86. The van der Waals surface area contributed by atoms with Crippen LogP contribution < -0.4 is 0 Å². The van der Waals surface area contributed by atoms with E-state index in [4.69, 9.17) is 4.74 Å². The number of piperidine rings is 1. The van der Waals surface area contributed by atoms with E-state index in [2.05, 4.69) is 9.80 Å². The SMILES string of the molecule is O=C(OCc1ccccc1)N1CCN(C2CCN(C3CC3)CC2)CC1. The van der Waals surface area contributed by atoms with Gasteiger partial charge in [-0.05, 0) is 44.3 Å². The van der Waals surface area contributed by atoms with Crippen LogP contribution in [0.2, 0.25) is 0 Å². The number of hydrogen-bond acceptors (Lipinski definition) is 4. The maximum atomic E-state index is 12.3. The van der Waals surface area contributed by atoms with Gasteiger partial charge in [0.15, 0.2) is 0 Å². The Bertz CT molecular complexity index is 560. The van der Waals surface area contributed by atoms with Gasteiger partial charge in [0.1, 0.15) is 6.61 Å². The van der Waals surface area contributed by atoms with Gasteiger partial charge in [0.2, 0.25) is 0 Å². The largest absolute Gasteiger partial charge is 0.445 e. The van der Waals surface area contributed by atoms with Crippen LogP contribution in [0.3, 0.4) is 0 Å². The van der Waals surface area contributed by atoms with Crippen molar-refractivity contribution in [3.63, 3.8) is 0 Å². The first-order valence-corrected chi connectivity index (χ1v) is 9.73. The molecule has 0 unspecified atom stereocenters. The summed E-state index contributed by atoms with van der Waals surface area (Å²) in [5.41, 5.74) is 1.04. The molecule has 0 radical (unpaired) electrons. The fraction of sp³-hybridized carbons (Fsp3) is 0.650. The summed E-state index contributed by atoms with van der Waals surface area (Å²) >= 11 is 0. The molecule has 2 saturated heterocycles. The van der Waals surface area contributed by atoms with Gasteiger partial charge in [0, 0.05) is 38.3 Å². The lowest BCUT2D eigenvalue weighted by Crippen LogP contribution is -2.54. The molecule has 5 nitrogen and oxygen atoms in total. The van der Waals surface area contributed by atoms with Crippen molar-refractivity contribution < 1.29 is 9.53 Å². The highest BCUT2D eigenvalue weighted by Crippen LogP contribution is 2.30. The zero-order valence-corrected chi connectivity index (χ0v) is 15.0. The van der Waals surface area contributed by atoms with E-state index in [1.54, 1.807) is 0 Å². The van der Waals surface area contributed by atoms with Crippen molar-refractivity contribution in [3.8, 4) is 0 Å². The van der Waals surface area contributed by atoms with E-state index in [1.807, 2.05) is 35.2 Å². The predicted molar refractivity (Wildman–Crippen MR) is 97.4 cm³/mol. The van der Waals surface area contributed by atoms with Crippen LogP contribution in [0.25, 0.3) is 0 Å². The fourth-order valence-electron chi connectivity index (χ4n) is 4.14. The lowest BCUT2D eigenvalue weighted by Gasteiger charge is -2.42. The van der Waals surface area contributed by atoms with Crippen molar-refractivity contribution in [3.05, 3.63) is 35.9 Å². The molecule has 3 fully saturated rings. The number of amides is 1. The summed E-state index contributed by atoms with van der Waals surface area (Å²) < 4.78 is 5.46. The van der Waals surface area contributed by atoms with Crippen molar-refractivity contribution in [2.45, 2.75) is 44.4 Å². The number of benzene rings is 1. The van der Waals surface area contributed by atoms with Crippen molar-refractivity contribution in [1.82, 2.24) is 14.7 Å². The van der Waals surface area contributed by atoms with Crippen LogP contribution >= 0.6 is 0 Å². The third-order valence-electron chi connectivity index (χ3n) is 5.86. The summed E-state index contributed by atoms with van der Waals surface area (Å²) in [6, 6.07) is 11.5. The van der Waals surface area contributed by atoms with Crippen LogP contribution in [0.15, 0.2) is 30.3 Å². The van der Waals surface area contributed by atoms with Crippen LogP contribution in [0.4, 0.5) is 4.79 Å². The van der Waals surface area contributed by atoms with E-state index >= 15 is 0 Å². The summed E-state index contributed by atoms with van der Waals surface area (Å²) in [6.45, 7) is 6.42. The number of likely N-dealkylation sites (tertiary alicyclic amines) is 1. The van der Waals surface area contributed by atoms with Crippen molar-refractivity contribution in [2.75, 3.05) is 39.3 Å². The molecule has 1 amide bonds. The normalized spacial score (nSPS) is 23.6. The van der Waals surface area contributed by atoms with E-state index in [9.17, 15) is 4.79 Å². The molecule has 1 aliphatic carbocycles. The Balaban J connectivity index is 1.18. The molecule has 0 aromatic heterocycles. The first-order valence-electron chi connectivity index (χ1n) is 9.73. The molecule has 1 aromatic rings. The monoisotopic (exact) mass is 343 g/mol. The highest BCUT2D eigenvalue weighted by molar-refractivity contribution is 5.67. The summed E-state index contributed by atoms with van der Waals surface area (Å²) in [5, 5.41) is 0. The molecular weight excluding hydrogens is 314 g/mol. The molecule has 0 atom stereocenters. The van der Waals surface area contributed by atoms with Gasteiger partial charge in [-0.25, -0.2) is 4.79 Å². The van der Waals surface area contributed by atoms with E-state index < -0.39 is 0 Å². The smallest absolute Gasteiger partial charge is 0.410 e. The van der Waals surface area contributed by atoms with Gasteiger partial charge in [0.25, 0.3) is 0 Å². The summed E-state index contributed by atoms with van der Waals surface area (Å²) in [7, 11) is 0. The second-order valence-corrected chi connectivity index (χ2v) is 7.56. The van der Waals surface area contributed by atoms with Crippen LogP contribution in [0.1, 0.15) is 31.2 Å². The summed E-state index contributed by atoms with van der Waals surface area (Å²) in [4.78, 5) is 19.4. The highest BCUT2D eigenvalue weighted by Gasteiger charge is 2.34. The van der Waals surface area contributed by atoms with Crippen LogP contribution in [-0.2, 0) is 11.3 Å². The Morgan fingerprint density at radius 3 is 2.08 bits per heavy atom. The number of rotatable bonds is 4. The van der Waals surface area contributed by atoms with Gasteiger partial charge in [-0.3, -0.25) is 4.90 Å². The van der Waals surface area contributed by atoms with Crippen LogP contribution in [-0.4, -0.2) is 72.1 Å². The molecule has 25 heavy (non-hydrogen) atoms. The van der Waals surface area contributed by atoms with Gasteiger partial charge in [0.05, 0.1) is 0 Å². The van der Waals surface area contributed by atoms with Crippen molar-refractivity contribution in [1.29, 1.82) is 0 Å². The van der Waals surface area contributed by atoms with Gasteiger partial charge < -0.3 is 14.5 Å². The Morgan fingerprint density at radius 2 is 1.44 bits per heavy atom. The number of ether oxygens (including phenoxy) is 1. The molecule has 1 saturated carbocycles. The van der Waals surface area contributed by atoms with Crippen molar-refractivity contribution >= 4 is 6.09 Å². The minimum atomic E-state index is -0.174. The Kier molecular flexibility index (Phi) is 5.22. The van der Waals surface area contributed by atoms with Gasteiger partial charge in [-0.15, -0.1) is 0 Å². The van der Waals surface area contributed by atoms with Gasteiger partial charge in [-0.1, -0.05) is 30.3 Å². The van der Waals surface area contributed by atoms with Crippen LogP contribution in [0.5, 0.6) is 0 Å². The topological polar surface area (TPSA) is 36.0 Å². The van der Waals surface area contributed by atoms with Gasteiger partial charge >= 0.3 is 6.09 Å². The minimum Gasteiger partial charge on any atom is -0.445 e. The molecule has 0 spiro atoms. The number of carbonyl (C=O) groups is 1. The maximum absolute atomic E-state index is 12.3. The number of piperazine rings is 1. The molecule has 3 aliphatic rings. The van der Waals surface area contributed by atoms with E-state index in [0.29, 0.717) is 12.6 Å². The summed E-state index contributed by atoms with van der Waals surface area (Å²) in [6.07, 6.45) is 5.22. The fourth-order valence-corrected chi connectivity index (χ4v) is 4.14. The lowest BCUT2D eigenvalue weighted by atomic mass is 10.0. The Hall–Kier alpha value is -1.59. The second-order valence-electron chi connectivity index (χ2n) is 7.56. The molecule has 0 bridgehead atoms. The molecule has 2 heterocycles. The first kappa shape index (κ1) is 16.9. The zero-order valence-electron chi connectivity index (χ0n) is 15.0. The molecule has 5 heteroatoms.